The van der Waals surface area contributed by atoms with Crippen LogP contribution >= 0.6 is 0 Å². The first-order valence-corrected chi connectivity index (χ1v) is 7.26. The van der Waals surface area contributed by atoms with Gasteiger partial charge in [-0.25, -0.2) is 13.1 Å². The lowest BCUT2D eigenvalue weighted by atomic mass is 10.1. The van der Waals surface area contributed by atoms with Crippen LogP contribution in [0.2, 0.25) is 0 Å². The molecule has 1 rings (SSSR count). The fraction of sp³-hybridized carbons (Fsp3) is 0.500. The molecule has 0 aliphatic heterocycles. The molecule has 2 N–H and O–H groups in total. The molecule has 1 atom stereocenters. The molecule has 0 saturated carbocycles. The molecule has 0 fully saturated rings. The highest BCUT2D eigenvalue weighted by Crippen LogP contribution is 2.16. The predicted octanol–water partition coefficient (Wildman–Crippen LogP) is 1.66. The Morgan fingerprint density at radius 1 is 1.35 bits per heavy atom. The summed E-state index contributed by atoms with van der Waals surface area (Å²) in [4.78, 5) is 0.325. The first-order valence-electron chi connectivity index (χ1n) is 5.78. The van der Waals surface area contributed by atoms with Crippen LogP contribution in [0.25, 0.3) is 0 Å². The molecule has 0 radical (unpaired) electrons. The van der Waals surface area contributed by atoms with E-state index in [2.05, 4.69) is 10.0 Å². The van der Waals surface area contributed by atoms with E-state index in [-0.39, 0.29) is 6.04 Å². The van der Waals surface area contributed by atoms with Crippen molar-refractivity contribution >= 4 is 10.0 Å². The Kier molecular flexibility index (Phi) is 5.11. The van der Waals surface area contributed by atoms with Crippen LogP contribution in [-0.4, -0.2) is 22.0 Å². The Balaban J connectivity index is 2.99. The third kappa shape index (κ3) is 3.80. The molecule has 17 heavy (non-hydrogen) atoms. The van der Waals surface area contributed by atoms with Gasteiger partial charge in [0.25, 0.3) is 0 Å². The third-order valence-electron chi connectivity index (χ3n) is 2.64. The van der Waals surface area contributed by atoms with E-state index in [1.807, 2.05) is 27.0 Å². The molecule has 1 aromatic rings. The molecule has 96 valence electrons. The Morgan fingerprint density at radius 3 is 2.65 bits per heavy atom. The van der Waals surface area contributed by atoms with Crippen molar-refractivity contribution in [2.45, 2.75) is 31.2 Å². The second-order valence-electron chi connectivity index (χ2n) is 3.98. The van der Waals surface area contributed by atoms with E-state index in [9.17, 15) is 8.42 Å². The molecule has 5 heteroatoms. The van der Waals surface area contributed by atoms with Crippen molar-refractivity contribution in [3.05, 3.63) is 29.8 Å². The Hall–Kier alpha value is -0.910. The fourth-order valence-corrected chi connectivity index (χ4v) is 2.63. The highest BCUT2D eigenvalue weighted by Gasteiger charge is 2.14. The monoisotopic (exact) mass is 256 g/mol. The summed E-state index contributed by atoms with van der Waals surface area (Å²) in [7, 11) is -1.52. The smallest absolute Gasteiger partial charge is 0.240 e. The predicted molar refractivity (Wildman–Crippen MR) is 69.4 cm³/mol. The Labute approximate surface area is 103 Å². The lowest BCUT2D eigenvalue weighted by molar-refractivity contribution is 0.580. The zero-order valence-corrected chi connectivity index (χ0v) is 11.3. The summed E-state index contributed by atoms with van der Waals surface area (Å²) in [6, 6.07) is 7.14. The summed E-state index contributed by atoms with van der Waals surface area (Å²) in [6.45, 7) is 4.39. The van der Waals surface area contributed by atoms with Crippen LogP contribution in [0.4, 0.5) is 0 Å². The summed E-state index contributed by atoms with van der Waals surface area (Å²) >= 11 is 0. The van der Waals surface area contributed by atoms with Crippen molar-refractivity contribution < 1.29 is 8.42 Å². The average molecular weight is 256 g/mol. The van der Waals surface area contributed by atoms with Gasteiger partial charge in [-0.15, -0.1) is 0 Å². The van der Waals surface area contributed by atoms with Crippen LogP contribution in [0, 0.1) is 0 Å². The van der Waals surface area contributed by atoms with E-state index in [1.165, 1.54) is 0 Å². The van der Waals surface area contributed by atoms with Crippen LogP contribution in [0.5, 0.6) is 0 Å². The maximum atomic E-state index is 11.9. The standard InChI is InChI=1S/C12H20N2O2S/c1-4-8-14-17(15,16)12-7-5-6-11(9-12)10(2)13-3/h5-7,9-10,13-14H,4,8H2,1-3H3. The summed E-state index contributed by atoms with van der Waals surface area (Å²) < 4.78 is 26.4. The molecule has 0 amide bonds. The van der Waals surface area contributed by atoms with Crippen molar-refractivity contribution in [2.75, 3.05) is 13.6 Å². The number of benzene rings is 1. The van der Waals surface area contributed by atoms with Crippen molar-refractivity contribution in [1.82, 2.24) is 10.0 Å². The van der Waals surface area contributed by atoms with Crippen LogP contribution in [0.15, 0.2) is 29.2 Å². The zero-order valence-electron chi connectivity index (χ0n) is 10.5. The molecule has 0 heterocycles. The minimum absolute atomic E-state index is 0.135. The van der Waals surface area contributed by atoms with Crippen molar-refractivity contribution in [3.63, 3.8) is 0 Å². The molecule has 0 bridgehead atoms. The van der Waals surface area contributed by atoms with Crippen LogP contribution in [0.1, 0.15) is 31.9 Å². The Morgan fingerprint density at radius 2 is 2.06 bits per heavy atom. The second-order valence-corrected chi connectivity index (χ2v) is 5.75. The number of hydrogen-bond acceptors (Lipinski definition) is 3. The molecular weight excluding hydrogens is 236 g/mol. The van der Waals surface area contributed by atoms with Gasteiger partial charge in [-0.2, -0.15) is 0 Å². The van der Waals surface area contributed by atoms with E-state index < -0.39 is 10.0 Å². The lowest BCUT2D eigenvalue weighted by Crippen LogP contribution is -2.24. The number of sulfonamides is 1. The minimum atomic E-state index is -3.36. The SMILES string of the molecule is CCCNS(=O)(=O)c1cccc(C(C)NC)c1. The van der Waals surface area contributed by atoms with Gasteiger partial charge in [-0.3, -0.25) is 0 Å². The maximum absolute atomic E-state index is 11.9. The van der Waals surface area contributed by atoms with Crippen LogP contribution in [-0.2, 0) is 10.0 Å². The molecular formula is C12H20N2O2S. The summed E-state index contributed by atoms with van der Waals surface area (Å²) in [5, 5.41) is 3.09. The summed E-state index contributed by atoms with van der Waals surface area (Å²) in [5.41, 5.74) is 0.965. The van der Waals surface area contributed by atoms with Crippen molar-refractivity contribution in [1.29, 1.82) is 0 Å². The molecule has 4 nitrogen and oxygen atoms in total. The minimum Gasteiger partial charge on any atom is -0.313 e. The van der Waals surface area contributed by atoms with Crippen LogP contribution in [0.3, 0.4) is 0 Å². The van der Waals surface area contributed by atoms with E-state index >= 15 is 0 Å². The van der Waals surface area contributed by atoms with Gasteiger partial charge in [0.2, 0.25) is 10.0 Å². The molecule has 0 saturated heterocycles. The number of hydrogen-bond donors (Lipinski definition) is 2. The average Bonchev–Trinajstić information content (AvgIpc) is 2.35. The first kappa shape index (κ1) is 14.2. The molecule has 1 unspecified atom stereocenters. The quantitative estimate of drug-likeness (QED) is 0.813. The summed E-state index contributed by atoms with van der Waals surface area (Å²) in [6.07, 6.45) is 0.784. The largest absolute Gasteiger partial charge is 0.313 e. The van der Waals surface area contributed by atoms with E-state index in [1.54, 1.807) is 18.2 Å². The van der Waals surface area contributed by atoms with Gasteiger partial charge in [0.15, 0.2) is 0 Å². The molecule has 0 aliphatic carbocycles. The number of rotatable bonds is 6. The third-order valence-corrected chi connectivity index (χ3v) is 4.10. The van der Waals surface area contributed by atoms with Gasteiger partial charge in [-0.05, 0) is 38.1 Å². The lowest BCUT2D eigenvalue weighted by Gasteiger charge is -2.12. The van der Waals surface area contributed by atoms with Gasteiger partial charge in [0.05, 0.1) is 4.90 Å². The molecule has 0 aliphatic rings. The van der Waals surface area contributed by atoms with E-state index in [4.69, 9.17) is 0 Å². The van der Waals surface area contributed by atoms with E-state index in [0.717, 1.165) is 12.0 Å². The molecule has 0 spiro atoms. The molecule has 1 aromatic carbocycles. The topological polar surface area (TPSA) is 58.2 Å². The Bertz CT molecular complexity index is 457. The van der Waals surface area contributed by atoms with Gasteiger partial charge in [0, 0.05) is 12.6 Å². The fourth-order valence-electron chi connectivity index (χ4n) is 1.44. The van der Waals surface area contributed by atoms with Gasteiger partial charge >= 0.3 is 0 Å². The van der Waals surface area contributed by atoms with Gasteiger partial charge in [0.1, 0.15) is 0 Å². The van der Waals surface area contributed by atoms with Gasteiger partial charge in [-0.1, -0.05) is 19.1 Å². The zero-order chi connectivity index (χ0) is 12.9. The molecule has 0 aromatic heterocycles. The highest BCUT2D eigenvalue weighted by molar-refractivity contribution is 7.89. The van der Waals surface area contributed by atoms with Crippen molar-refractivity contribution in [3.8, 4) is 0 Å². The maximum Gasteiger partial charge on any atom is 0.240 e. The van der Waals surface area contributed by atoms with Crippen molar-refractivity contribution in [2.24, 2.45) is 0 Å². The van der Waals surface area contributed by atoms with Crippen LogP contribution < -0.4 is 10.0 Å². The number of nitrogens with one attached hydrogen (secondary N) is 2. The second kappa shape index (κ2) is 6.14. The van der Waals surface area contributed by atoms with Gasteiger partial charge < -0.3 is 5.32 Å². The normalized spacial score (nSPS) is 13.6. The summed E-state index contributed by atoms with van der Waals surface area (Å²) in [5.74, 6) is 0. The first-order chi connectivity index (χ1) is 8.01. The highest BCUT2D eigenvalue weighted by atomic mass is 32.2. The van der Waals surface area contributed by atoms with E-state index in [0.29, 0.717) is 11.4 Å².